The minimum Gasteiger partial charge on any atom is -0.484 e. The van der Waals surface area contributed by atoms with Crippen LogP contribution in [-0.2, 0) is 15.9 Å². The smallest absolute Gasteiger partial charge is 0.435 e. The third-order valence-electron chi connectivity index (χ3n) is 4.69. The van der Waals surface area contributed by atoms with Crippen LogP contribution in [0.2, 0.25) is 0 Å². The zero-order valence-corrected chi connectivity index (χ0v) is 20.2. The van der Waals surface area contributed by atoms with Gasteiger partial charge < -0.3 is 14.8 Å². The molecule has 2 aromatic carbocycles. The van der Waals surface area contributed by atoms with E-state index >= 15 is 0 Å². The Hall–Kier alpha value is -3.95. The van der Waals surface area contributed by atoms with Crippen molar-refractivity contribution in [2.24, 2.45) is 4.36 Å². The maximum atomic E-state index is 14.4. The Morgan fingerprint density at radius 1 is 1.05 bits per heavy atom. The highest BCUT2D eigenvalue weighted by atomic mass is 32.2. The number of rotatable bonds is 7. The summed E-state index contributed by atoms with van der Waals surface area (Å²) in [5, 5.41) is 8.51. The van der Waals surface area contributed by atoms with E-state index in [1.807, 2.05) is 0 Å². The molecule has 0 radical (unpaired) electrons. The molecule has 38 heavy (non-hydrogen) atoms. The summed E-state index contributed by atoms with van der Waals surface area (Å²) in [6.07, 6.45) is -8.34. The van der Waals surface area contributed by atoms with E-state index in [1.165, 1.54) is 37.6 Å². The van der Waals surface area contributed by atoms with E-state index < -0.39 is 69.0 Å². The third-order valence-corrected chi connectivity index (χ3v) is 6.51. The molecule has 3 rings (SSSR count). The number of nitrogens with one attached hydrogen (secondary N) is 1. The molecule has 0 fully saturated rings. The molecule has 0 spiro atoms. The van der Waals surface area contributed by atoms with E-state index in [4.69, 9.17) is 4.74 Å². The molecule has 0 saturated carbocycles. The van der Waals surface area contributed by atoms with Crippen LogP contribution in [0.5, 0.6) is 17.4 Å². The maximum Gasteiger partial charge on any atom is 0.435 e. The van der Waals surface area contributed by atoms with Gasteiger partial charge in [-0.25, -0.2) is 13.0 Å². The van der Waals surface area contributed by atoms with E-state index in [0.29, 0.717) is 12.1 Å². The van der Waals surface area contributed by atoms with E-state index in [9.17, 15) is 39.7 Å². The lowest BCUT2D eigenvalue weighted by Gasteiger charge is -2.14. The van der Waals surface area contributed by atoms with Crippen LogP contribution in [-0.4, -0.2) is 46.4 Å². The number of amides is 1. The number of nitrogens with zero attached hydrogens (tertiary/aromatic N) is 3. The van der Waals surface area contributed by atoms with Gasteiger partial charge in [0, 0.05) is 30.0 Å². The summed E-state index contributed by atoms with van der Waals surface area (Å²) in [4.78, 5) is 13.1. The van der Waals surface area contributed by atoms with Gasteiger partial charge in [-0.05, 0) is 36.4 Å². The number of alkyl halides is 6. The Morgan fingerprint density at radius 3 is 2.37 bits per heavy atom. The Balaban J connectivity index is 1.94. The fourth-order valence-corrected chi connectivity index (χ4v) is 3.68. The number of carbonyl (C=O) groups excluding carboxylic acids is 1. The number of aromatic nitrogens is 2. The van der Waals surface area contributed by atoms with E-state index in [1.54, 1.807) is 0 Å². The highest BCUT2D eigenvalue weighted by Crippen LogP contribution is 2.33. The number of hydrogen-bond donors (Lipinski definition) is 1. The first kappa shape index (κ1) is 28.6. The van der Waals surface area contributed by atoms with E-state index in [0.717, 1.165) is 12.1 Å². The van der Waals surface area contributed by atoms with Crippen molar-refractivity contribution in [1.82, 2.24) is 10.2 Å². The molecule has 1 atom stereocenters. The molecule has 0 aliphatic rings. The van der Waals surface area contributed by atoms with Gasteiger partial charge in [-0.1, -0.05) is 6.07 Å². The molecule has 0 bridgehead atoms. The number of anilines is 1. The zero-order chi connectivity index (χ0) is 28.3. The lowest BCUT2D eigenvalue weighted by Crippen LogP contribution is -2.19. The lowest BCUT2D eigenvalue weighted by molar-refractivity contribution is -0.153. The molecule has 1 amide bonds. The molecule has 8 nitrogen and oxygen atoms in total. The molecule has 0 aliphatic heterocycles. The van der Waals surface area contributed by atoms with Gasteiger partial charge in [0.25, 0.3) is 11.8 Å². The van der Waals surface area contributed by atoms with Gasteiger partial charge >= 0.3 is 12.4 Å². The second-order valence-corrected chi connectivity index (χ2v) is 9.95. The van der Waals surface area contributed by atoms with E-state index in [2.05, 4.69) is 24.6 Å². The van der Waals surface area contributed by atoms with Gasteiger partial charge in [0.05, 0.1) is 9.73 Å². The lowest BCUT2D eigenvalue weighted by atomic mass is 10.2. The van der Waals surface area contributed by atoms with Crippen LogP contribution in [0.25, 0.3) is 0 Å². The van der Waals surface area contributed by atoms with E-state index in [-0.39, 0.29) is 10.6 Å². The van der Waals surface area contributed by atoms with Crippen molar-refractivity contribution in [3.8, 4) is 17.4 Å². The second kappa shape index (κ2) is 10.8. The zero-order valence-electron chi connectivity index (χ0n) is 19.4. The molecule has 0 aliphatic carbocycles. The van der Waals surface area contributed by atoms with Crippen LogP contribution < -0.4 is 14.8 Å². The minimum absolute atomic E-state index is 0.0411. The van der Waals surface area contributed by atoms with Crippen molar-refractivity contribution in [1.29, 1.82) is 0 Å². The number of carbonyl (C=O) groups is 1. The summed E-state index contributed by atoms with van der Waals surface area (Å²) >= 11 is 0. The first-order chi connectivity index (χ1) is 17.6. The predicted octanol–water partition coefficient (Wildman–Crippen LogP) is 5.71. The molecule has 3 aromatic rings. The van der Waals surface area contributed by atoms with Gasteiger partial charge in [0.15, 0.2) is 23.9 Å². The molecule has 1 aromatic heterocycles. The van der Waals surface area contributed by atoms with Crippen LogP contribution in [0.1, 0.15) is 16.1 Å². The molecule has 16 heteroatoms. The normalized spacial score (nSPS) is 13.4. The summed E-state index contributed by atoms with van der Waals surface area (Å²) in [6, 6.07) is 8.18. The highest BCUT2D eigenvalue weighted by Gasteiger charge is 2.35. The Labute approximate surface area is 211 Å². The van der Waals surface area contributed by atoms with Gasteiger partial charge in [0.2, 0.25) is 0 Å². The Kier molecular flexibility index (Phi) is 8.14. The van der Waals surface area contributed by atoms with Crippen LogP contribution in [0.4, 0.5) is 36.4 Å². The molecule has 204 valence electrons. The topological polar surface area (TPSA) is 103 Å². The third kappa shape index (κ3) is 7.30. The van der Waals surface area contributed by atoms with Crippen molar-refractivity contribution in [3.05, 3.63) is 65.6 Å². The van der Waals surface area contributed by atoms with Crippen molar-refractivity contribution in [3.63, 3.8) is 0 Å². The van der Waals surface area contributed by atoms with Crippen LogP contribution >= 0.6 is 0 Å². The fraction of sp³-hybridized carbons (Fsp3) is 0.227. The summed E-state index contributed by atoms with van der Waals surface area (Å²) in [5.74, 6) is -4.46. The summed E-state index contributed by atoms with van der Waals surface area (Å²) in [7, 11) is -1.48. The number of ether oxygens (including phenoxy) is 2. The van der Waals surface area contributed by atoms with Gasteiger partial charge in [0.1, 0.15) is 11.3 Å². The average Bonchev–Trinajstić information content (AvgIpc) is 2.83. The Bertz CT molecular complexity index is 1470. The first-order valence-electron chi connectivity index (χ1n) is 10.2. The van der Waals surface area contributed by atoms with Crippen LogP contribution in [0.3, 0.4) is 0 Å². The molecule has 1 unspecified atom stereocenters. The summed E-state index contributed by atoms with van der Waals surface area (Å²) in [5.41, 5.74) is -2.31. The largest absolute Gasteiger partial charge is 0.484 e. The number of benzene rings is 2. The van der Waals surface area contributed by atoms with Crippen molar-refractivity contribution >= 4 is 21.3 Å². The van der Waals surface area contributed by atoms with Crippen molar-refractivity contribution in [2.45, 2.75) is 17.2 Å². The number of hydrogen-bond acceptors (Lipinski definition) is 7. The van der Waals surface area contributed by atoms with Gasteiger partial charge in [-0.3, -0.25) is 4.79 Å². The Morgan fingerprint density at radius 2 is 1.76 bits per heavy atom. The van der Waals surface area contributed by atoms with Crippen molar-refractivity contribution < 1.29 is 49.2 Å². The maximum absolute atomic E-state index is 14.4. The monoisotopic (exact) mass is 566 g/mol. The van der Waals surface area contributed by atoms with Gasteiger partial charge in [-0.2, -0.15) is 26.3 Å². The highest BCUT2D eigenvalue weighted by molar-refractivity contribution is 7.93. The van der Waals surface area contributed by atoms with Crippen LogP contribution in [0.15, 0.2) is 57.8 Å². The minimum atomic E-state index is -5.00. The van der Waals surface area contributed by atoms with Crippen LogP contribution in [0, 0.1) is 5.82 Å². The standard InChI is InChI=1S/C22H17F7N4O4S/c1-30-38(2,35)14-5-3-4-12(8-14)31-19(34)15-10-18(22(27,28)29)32-33-20(15)37-17-7-6-13(9-16(17)23)36-11-21(24,25)26/h3-10H,11H2,1-2H3,(H,31,34). The predicted molar refractivity (Wildman–Crippen MR) is 120 cm³/mol. The summed E-state index contributed by atoms with van der Waals surface area (Å²) < 4.78 is 117. The quantitative estimate of drug-likeness (QED) is 0.368. The molecular weight excluding hydrogens is 549 g/mol. The number of halogens is 7. The molecular formula is C22H17F7N4O4S. The second-order valence-electron chi connectivity index (χ2n) is 7.51. The fourth-order valence-electron chi connectivity index (χ4n) is 2.79. The van der Waals surface area contributed by atoms with Gasteiger partial charge in [-0.15, -0.1) is 10.2 Å². The summed E-state index contributed by atoms with van der Waals surface area (Å²) in [6.45, 7) is -1.69. The molecule has 1 heterocycles. The average molecular weight is 566 g/mol. The first-order valence-corrected chi connectivity index (χ1v) is 12.1. The molecule has 0 saturated heterocycles. The van der Waals surface area contributed by atoms with Crippen molar-refractivity contribution in [2.75, 3.05) is 25.2 Å². The SMILES string of the molecule is CN=S(C)(=O)c1cccc(NC(=O)c2cc(C(F)(F)F)nnc2Oc2ccc(OCC(F)(F)F)cc2F)c1. The molecule has 1 N–H and O–H groups in total.